The fraction of sp³-hybridized carbons (Fsp3) is 0.529. The SMILES string of the molecule is CCCCCCC#CC1Cc2ccccc2CO1. The van der Waals surface area contributed by atoms with Gasteiger partial charge in [0.25, 0.3) is 0 Å². The van der Waals surface area contributed by atoms with E-state index in [0.29, 0.717) is 6.61 Å². The molecular weight excluding hydrogens is 220 g/mol. The van der Waals surface area contributed by atoms with E-state index in [-0.39, 0.29) is 6.10 Å². The first kappa shape index (κ1) is 13.2. The van der Waals surface area contributed by atoms with Crippen molar-refractivity contribution in [1.29, 1.82) is 0 Å². The number of unbranched alkanes of at least 4 members (excludes halogenated alkanes) is 4. The van der Waals surface area contributed by atoms with Crippen LogP contribution in [0.15, 0.2) is 24.3 Å². The van der Waals surface area contributed by atoms with Crippen LogP contribution < -0.4 is 0 Å². The zero-order valence-electron chi connectivity index (χ0n) is 11.2. The predicted octanol–water partition coefficient (Wildman–Crippen LogP) is 4.10. The van der Waals surface area contributed by atoms with Crippen LogP contribution in [0.4, 0.5) is 0 Å². The molecule has 18 heavy (non-hydrogen) atoms. The van der Waals surface area contributed by atoms with E-state index < -0.39 is 0 Å². The Morgan fingerprint density at radius 2 is 2.00 bits per heavy atom. The predicted molar refractivity (Wildman–Crippen MR) is 75.3 cm³/mol. The molecule has 96 valence electrons. The zero-order chi connectivity index (χ0) is 12.6. The van der Waals surface area contributed by atoms with Gasteiger partial charge < -0.3 is 4.74 Å². The van der Waals surface area contributed by atoms with Crippen molar-refractivity contribution in [1.82, 2.24) is 0 Å². The molecule has 0 aromatic heterocycles. The largest absolute Gasteiger partial charge is 0.360 e. The number of hydrogen-bond donors (Lipinski definition) is 0. The van der Waals surface area contributed by atoms with Gasteiger partial charge in [-0.05, 0) is 17.5 Å². The summed E-state index contributed by atoms with van der Waals surface area (Å²) < 4.78 is 5.76. The topological polar surface area (TPSA) is 9.23 Å². The van der Waals surface area contributed by atoms with Gasteiger partial charge in [-0.3, -0.25) is 0 Å². The summed E-state index contributed by atoms with van der Waals surface area (Å²) in [6.07, 6.45) is 7.21. The van der Waals surface area contributed by atoms with Gasteiger partial charge in [-0.2, -0.15) is 0 Å². The van der Waals surface area contributed by atoms with Gasteiger partial charge in [-0.15, -0.1) is 5.92 Å². The molecule has 0 spiro atoms. The number of rotatable bonds is 4. The number of hydrogen-bond acceptors (Lipinski definition) is 1. The van der Waals surface area contributed by atoms with Crippen molar-refractivity contribution in [2.45, 2.75) is 58.2 Å². The van der Waals surface area contributed by atoms with Crippen LogP contribution in [0.2, 0.25) is 0 Å². The fourth-order valence-corrected chi connectivity index (χ4v) is 2.27. The molecule has 2 rings (SSSR count). The first-order chi connectivity index (χ1) is 8.90. The molecule has 1 nitrogen and oxygen atoms in total. The Morgan fingerprint density at radius 1 is 1.17 bits per heavy atom. The summed E-state index contributed by atoms with van der Waals surface area (Å²) in [5.41, 5.74) is 2.72. The maximum Gasteiger partial charge on any atom is 0.122 e. The summed E-state index contributed by atoms with van der Waals surface area (Å²) in [6.45, 7) is 2.95. The van der Waals surface area contributed by atoms with Crippen molar-refractivity contribution in [2.75, 3.05) is 0 Å². The number of benzene rings is 1. The van der Waals surface area contributed by atoms with Crippen molar-refractivity contribution >= 4 is 0 Å². The maximum absolute atomic E-state index is 5.76. The summed E-state index contributed by atoms with van der Waals surface area (Å²) in [5, 5.41) is 0. The van der Waals surface area contributed by atoms with E-state index >= 15 is 0 Å². The molecule has 1 unspecified atom stereocenters. The highest BCUT2D eigenvalue weighted by Crippen LogP contribution is 2.19. The van der Waals surface area contributed by atoms with Crippen molar-refractivity contribution in [2.24, 2.45) is 0 Å². The second-order valence-electron chi connectivity index (χ2n) is 4.90. The summed E-state index contributed by atoms with van der Waals surface area (Å²) in [5.74, 6) is 6.54. The van der Waals surface area contributed by atoms with Gasteiger partial charge in [-0.1, -0.05) is 56.4 Å². The normalized spacial score (nSPS) is 17.7. The van der Waals surface area contributed by atoms with Crippen molar-refractivity contribution in [3.05, 3.63) is 35.4 Å². The third-order valence-electron chi connectivity index (χ3n) is 3.38. The Morgan fingerprint density at radius 3 is 2.83 bits per heavy atom. The van der Waals surface area contributed by atoms with Crippen molar-refractivity contribution in [3.8, 4) is 11.8 Å². The lowest BCUT2D eigenvalue weighted by molar-refractivity contribution is 0.0655. The first-order valence-corrected chi connectivity index (χ1v) is 7.07. The molecule has 0 N–H and O–H groups in total. The van der Waals surface area contributed by atoms with Gasteiger partial charge in [0.05, 0.1) is 6.61 Å². The quantitative estimate of drug-likeness (QED) is 0.570. The Labute approximate surface area is 111 Å². The third-order valence-corrected chi connectivity index (χ3v) is 3.38. The van der Waals surface area contributed by atoms with Gasteiger partial charge in [-0.25, -0.2) is 0 Å². The van der Waals surface area contributed by atoms with Crippen LogP contribution in [-0.4, -0.2) is 6.10 Å². The Bertz CT molecular complexity index is 425. The van der Waals surface area contributed by atoms with Crippen LogP contribution in [0.25, 0.3) is 0 Å². The molecule has 0 amide bonds. The summed E-state index contributed by atoms with van der Waals surface area (Å²) in [7, 11) is 0. The first-order valence-electron chi connectivity index (χ1n) is 7.07. The molecule has 0 saturated carbocycles. The highest BCUT2D eigenvalue weighted by atomic mass is 16.5. The Balaban J connectivity index is 1.77. The summed E-state index contributed by atoms with van der Waals surface area (Å²) >= 11 is 0. The molecular formula is C17H22O. The lowest BCUT2D eigenvalue weighted by Crippen LogP contribution is -2.20. The van der Waals surface area contributed by atoms with Crippen LogP contribution in [0.1, 0.15) is 50.2 Å². The summed E-state index contributed by atoms with van der Waals surface area (Å²) in [4.78, 5) is 0. The molecule has 0 fully saturated rings. The van der Waals surface area contributed by atoms with E-state index in [2.05, 4.69) is 43.0 Å². The molecule has 0 bridgehead atoms. The molecule has 1 atom stereocenters. The van der Waals surface area contributed by atoms with E-state index in [9.17, 15) is 0 Å². The monoisotopic (exact) mass is 242 g/mol. The smallest absolute Gasteiger partial charge is 0.122 e. The van der Waals surface area contributed by atoms with Gasteiger partial charge >= 0.3 is 0 Å². The molecule has 1 aromatic carbocycles. The second kappa shape index (κ2) is 7.24. The summed E-state index contributed by atoms with van der Waals surface area (Å²) in [6, 6.07) is 8.50. The van der Waals surface area contributed by atoms with E-state index in [1.807, 2.05) is 0 Å². The third kappa shape index (κ3) is 3.89. The molecule has 1 aromatic rings. The van der Waals surface area contributed by atoms with Crippen LogP contribution in [0.3, 0.4) is 0 Å². The molecule has 1 aliphatic rings. The minimum Gasteiger partial charge on any atom is -0.360 e. The van der Waals surface area contributed by atoms with Gasteiger partial charge in [0.1, 0.15) is 6.10 Å². The Kier molecular flexibility index (Phi) is 5.30. The average molecular weight is 242 g/mol. The number of ether oxygens (including phenoxy) is 1. The van der Waals surface area contributed by atoms with Crippen LogP contribution >= 0.6 is 0 Å². The molecule has 1 heteroatoms. The van der Waals surface area contributed by atoms with Gasteiger partial charge in [0, 0.05) is 12.8 Å². The minimum absolute atomic E-state index is 0.103. The van der Waals surface area contributed by atoms with Gasteiger partial charge in [0.2, 0.25) is 0 Å². The van der Waals surface area contributed by atoms with Crippen LogP contribution in [0, 0.1) is 11.8 Å². The minimum atomic E-state index is 0.103. The van der Waals surface area contributed by atoms with E-state index in [0.717, 1.165) is 12.8 Å². The maximum atomic E-state index is 5.76. The van der Waals surface area contributed by atoms with E-state index in [1.54, 1.807) is 0 Å². The Hall–Kier alpha value is -1.26. The van der Waals surface area contributed by atoms with Crippen LogP contribution in [0.5, 0.6) is 0 Å². The van der Waals surface area contributed by atoms with Gasteiger partial charge in [0.15, 0.2) is 0 Å². The molecule has 1 aliphatic heterocycles. The highest BCUT2D eigenvalue weighted by Gasteiger charge is 2.16. The molecule has 0 aliphatic carbocycles. The van der Waals surface area contributed by atoms with Crippen LogP contribution in [-0.2, 0) is 17.8 Å². The van der Waals surface area contributed by atoms with E-state index in [4.69, 9.17) is 4.74 Å². The fourth-order valence-electron chi connectivity index (χ4n) is 2.27. The molecule has 0 radical (unpaired) electrons. The van der Waals surface area contributed by atoms with E-state index in [1.165, 1.54) is 36.8 Å². The lowest BCUT2D eigenvalue weighted by atomic mass is 9.99. The lowest BCUT2D eigenvalue weighted by Gasteiger charge is -2.21. The second-order valence-corrected chi connectivity index (χ2v) is 4.90. The highest BCUT2D eigenvalue weighted by molar-refractivity contribution is 5.30. The standard InChI is InChI=1S/C17H22O/c1-2-3-4-5-6-7-12-17-13-15-10-8-9-11-16(15)14-18-17/h8-11,17H,2-6,13-14H2,1H3. The average Bonchev–Trinajstić information content (AvgIpc) is 2.42. The number of fused-ring (bicyclic) bond motifs is 1. The van der Waals surface area contributed by atoms with Crippen molar-refractivity contribution < 1.29 is 4.74 Å². The zero-order valence-corrected chi connectivity index (χ0v) is 11.2. The molecule has 1 heterocycles. The molecule has 0 saturated heterocycles. The van der Waals surface area contributed by atoms with Crippen molar-refractivity contribution in [3.63, 3.8) is 0 Å².